The molecule has 4 rings (SSSR count). The van der Waals surface area contributed by atoms with Crippen molar-refractivity contribution >= 4 is 40.9 Å². The van der Waals surface area contributed by atoms with E-state index in [1.54, 1.807) is 54.6 Å². The molecule has 3 aromatic rings. The monoisotopic (exact) mass is 476 g/mol. The molecule has 2 N–H and O–H groups in total. The lowest BCUT2D eigenvalue weighted by molar-refractivity contribution is -0.125. The first-order chi connectivity index (χ1) is 16.4. The maximum absolute atomic E-state index is 13.3. The summed E-state index contributed by atoms with van der Waals surface area (Å²) < 4.78 is 11.0. The Balaban J connectivity index is 1.60. The molecule has 0 saturated heterocycles. The fraction of sp³-hybridized carbons (Fsp3) is 0.192. The average Bonchev–Trinajstić information content (AvgIpc) is 2.83. The summed E-state index contributed by atoms with van der Waals surface area (Å²) >= 11 is 1.42. The number of hydrogen-bond acceptors (Lipinski definition) is 6. The fourth-order valence-electron chi connectivity index (χ4n) is 3.53. The Morgan fingerprint density at radius 2 is 1.82 bits per heavy atom. The highest BCUT2D eigenvalue weighted by Gasteiger charge is 2.28. The zero-order valence-electron chi connectivity index (χ0n) is 19.0. The molecule has 0 spiro atoms. The number of nitrogens with one attached hydrogen (secondary N) is 2. The van der Waals surface area contributed by atoms with E-state index in [0.717, 1.165) is 10.5 Å². The second-order valence-electron chi connectivity index (χ2n) is 7.85. The number of anilines is 2. The second-order valence-corrected chi connectivity index (χ2v) is 9.23. The Kier molecular flexibility index (Phi) is 6.88. The summed E-state index contributed by atoms with van der Waals surface area (Å²) in [4.78, 5) is 39.2. The van der Waals surface area contributed by atoms with Crippen LogP contribution in [0.1, 0.15) is 34.5 Å². The number of amides is 2. The minimum atomic E-state index is -1.20. The molecule has 34 heavy (non-hydrogen) atoms. The molecule has 0 bridgehead atoms. The van der Waals surface area contributed by atoms with E-state index in [2.05, 4.69) is 10.6 Å². The lowest BCUT2D eigenvalue weighted by Gasteiger charge is -2.22. The van der Waals surface area contributed by atoms with Gasteiger partial charge in [0, 0.05) is 10.5 Å². The highest BCUT2D eigenvalue weighted by Crippen LogP contribution is 2.36. The maximum atomic E-state index is 13.3. The first-order valence-corrected chi connectivity index (χ1v) is 11.6. The minimum Gasteiger partial charge on any atom is -0.495 e. The molecule has 0 fully saturated rings. The summed E-state index contributed by atoms with van der Waals surface area (Å²) in [6.45, 7) is 3.72. The van der Waals surface area contributed by atoms with Crippen molar-refractivity contribution in [2.75, 3.05) is 17.7 Å². The summed E-state index contributed by atoms with van der Waals surface area (Å²) in [5, 5.41) is 5.41. The van der Waals surface area contributed by atoms with E-state index < -0.39 is 18.0 Å². The van der Waals surface area contributed by atoms with Crippen LogP contribution in [-0.4, -0.2) is 30.1 Å². The predicted molar refractivity (Wildman–Crippen MR) is 131 cm³/mol. The van der Waals surface area contributed by atoms with Gasteiger partial charge in [-0.15, -0.1) is 11.8 Å². The van der Waals surface area contributed by atoms with E-state index in [0.29, 0.717) is 22.7 Å². The molecule has 2 atom stereocenters. The van der Waals surface area contributed by atoms with Gasteiger partial charge in [-0.25, -0.2) is 4.79 Å². The van der Waals surface area contributed by atoms with Gasteiger partial charge in [-0.05, 0) is 49.7 Å². The molecule has 1 aliphatic rings. The molecule has 0 saturated carbocycles. The molecular weight excluding hydrogens is 452 g/mol. The quantitative estimate of drug-likeness (QED) is 0.488. The van der Waals surface area contributed by atoms with Gasteiger partial charge in [0.2, 0.25) is 12.0 Å². The fourth-order valence-corrected chi connectivity index (χ4v) is 4.46. The number of fused-ring (bicyclic) bond motifs is 1. The summed E-state index contributed by atoms with van der Waals surface area (Å²) in [6, 6.07) is 19.2. The molecule has 0 aromatic heterocycles. The Labute approximate surface area is 201 Å². The third kappa shape index (κ3) is 5.07. The van der Waals surface area contributed by atoms with Gasteiger partial charge >= 0.3 is 5.97 Å². The molecule has 2 unspecified atom stereocenters. The molecule has 2 amide bonds. The molecular formula is C26H24N2O5S. The summed E-state index contributed by atoms with van der Waals surface area (Å²) in [7, 11) is 1.52. The van der Waals surface area contributed by atoms with Crippen LogP contribution in [0.2, 0.25) is 0 Å². The largest absolute Gasteiger partial charge is 0.495 e. The van der Waals surface area contributed by atoms with Gasteiger partial charge in [0.1, 0.15) is 5.75 Å². The summed E-state index contributed by atoms with van der Waals surface area (Å²) in [6.07, 6.45) is -1.20. The molecule has 3 aromatic carbocycles. The number of carbonyl (C=O) groups is 3. The van der Waals surface area contributed by atoms with Crippen LogP contribution in [0.4, 0.5) is 11.4 Å². The van der Waals surface area contributed by atoms with Gasteiger partial charge in [0.15, 0.2) is 0 Å². The Morgan fingerprint density at radius 3 is 2.56 bits per heavy atom. The van der Waals surface area contributed by atoms with Crippen LogP contribution in [0.15, 0.2) is 71.6 Å². The number of esters is 1. The lowest BCUT2D eigenvalue weighted by atomic mass is 10.1. The van der Waals surface area contributed by atoms with Gasteiger partial charge in [0.25, 0.3) is 5.91 Å². The highest BCUT2D eigenvalue weighted by molar-refractivity contribution is 8.00. The average molecular weight is 477 g/mol. The Hall–Kier alpha value is -3.78. The Bertz CT molecular complexity index is 1250. The number of methoxy groups -OCH3 is 1. The number of carbonyl (C=O) groups excluding carboxylic acids is 3. The SMILES string of the molecule is COc1ccc(C)cc1NC(=O)C(OC(=O)c1ccc2c(c1)NC(=O)C(C)S2)c1ccccc1. The maximum Gasteiger partial charge on any atom is 0.339 e. The van der Waals surface area contributed by atoms with Crippen LogP contribution < -0.4 is 15.4 Å². The van der Waals surface area contributed by atoms with Crippen molar-refractivity contribution in [3.63, 3.8) is 0 Å². The number of rotatable bonds is 6. The van der Waals surface area contributed by atoms with Gasteiger partial charge in [-0.2, -0.15) is 0 Å². The van der Waals surface area contributed by atoms with Crippen LogP contribution in [-0.2, 0) is 14.3 Å². The van der Waals surface area contributed by atoms with Crippen LogP contribution >= 0.6 is 11.8 Å². The molecule has 174 valence electrons. The van der Waals surface area contributed by atoms with Crippen molar-refractivity contribution in [3.8, 4) is 5.75 Å². The molecule has 0 aliphatic carbocycles. The number of ether oxygens (including phenoxy) is 2. The first kappa shape index (κ1) is 23.4. The van der Waals surface area contributed by atoms with E-state index in [1.807, 2.05) is 26.0 Å². The zero-order valence-corrected chi connectivity index (χ0v) is 19.8. The van der Waals surface area contributed by atoms with E-state index in [4.69, 9.17) is 9.47 Å². The number of thioether (sulfide) groups is 1. The predicted octanol–water partition coefficient (Wildman–Crippen LogP) is 4.97. The van der Waals surface area contributed by atoms with E-state index >= 15 is 0 Å². The number of benzene rings is 3. The van der Waals surface area contributed by atoms with E-state index in [9.17, 15) is 14.4 Å². The van der Waals surface area contributed by atoms with Crippen molar-refractivity contribution < 1.29 is 23.9 Å². The van der Waals surface area contributed by atoms with Crippen LogP contribution in [0, 0.1) is 6.92 Å². The van der Waals surface area contributed by atoms with Gasteiger partial charge < -0.3 is 20.1 Å². The molecule has 1 heterocycles. The summed E-state index contributed by atoms with van der Waals surface area (Å²) in [5.41, 5.74) is 2.72. The first-order valence-electron chi connectivity index (χ1n) is 10.7. The lowest BCUT2D eigenvalue weighted by Crippen LogP contribution is -2.27. The highest BCUT2D eigenvalue weighted by atomic mass is 32.2. The smallest absolute Gasteiger partial charge is 0.339 e. The van der Waals surface area contributed by atoms with Crippen molar-refractivity contribution in [1.82, 2.24) is 0 Å². The third-order valence-corrected chi connectivity index (χ3v) is 6.50. The topological polar surface area (TPSA) is 93.7 Å². The normalized spacial score (nSPS) is 15.5. The molecule has 1 aliphatic heterocycles. The third-order valence-electron chi connectivity index (χ3n) is 5.32. The summed E-state index contributed by atoms with van der Waals surface area (Å²) in [5.74, 6) is -0.828. The zero-order chi connectivity index (χ0) is 24.2. The van der Waals surface area contributed by atoms with Crippen molar-refractivity contribution in [2.45, 2.75) is 30.1 Å². The van der Waals surface area contributed by atoms with Crippen LogP contribution in [0.3, 0.4) is 0 Å². The second kappa shape index (κ2) is 10.0. The van der Waals surface area contributed by atoms with Crippen LogP contribution in [0.25, 0.3) is 0 Å². The number of hydrogen-bond donors (Lipinski definition) is 2. The van der Waals surface area contributed by atoms with Gasteiger partial charge in [-0.1, -0.05) is 36.4 Å². The minimum absolute atomic E-state index is 0.128. The standard InChI is InChI=1S/C26H24N2O5S/c1-15-9-11-21(32-3)19(13-15)27-25(30)23(17-7-5-4-6-8-17)33-26(31)18-10-12-22-20(14-18)28-24(29)16(2)34-22/h4-14,16,23H,1-3H3,(H,27,30)(H,28,29). The van der Waals surface area contributed by atoms with Gasteiger partial charge in [-0.3, -0.25) is 9.59 Å². The van der Waals surface area contributed by atoms with Gasteiger partial charge in [0.05, 0.1) is 29.3 Å². The molecule has 8 heteroatoms. The van der Waals surface area contributed by atoms with Crippen molar-refractivity contribution in [3.05, 3.63) is 83.4 Å². The van der Waals surface area contributed by atoms with Crippen molar-refractivity contribution in [2.24, 2.45) is 0 Å². The Morgan fingerprint density at radius 1 is 1.06 bits per heavy atom. The van der Waals surface area contributed by atoms with E-state index in [-0.39, 0.29) is 16.7 Å². The molecule has 7 nitrogen and oxygen atoms in total. The molecule has 0 radical (unpaired) electrons. The van der Waals surface area contributed by atoms with E-state index in [1.165, 1.54) is 18.9 Å². The number of aryl methyl sites for hydroxylation is 1. The van der Waals surface area contributed by atoms with Crippen LogP contribution in [0.5, 0.6) is 5.75 Å². The van der Waals surface area contributed by atoms with Crippen molar-refractivity contribution in [1.29, 1.82) is 0 Å².